The van der Waals surface area contributed by atoms with Crippen molar-refractivity contribution in [1.29, 1.82) is 0 Å². The van der Waals surface area contributed by atoms with E-state index in [9.17, 15) is 0 Å². The van der Waals surface area contributed by atoms with Crippen LogP contribution < -0.4 is 5.32 Å². The summed E-state index contributed by atoms with van der Waals surface area (Å²) in [7, 11) is 2.06. The molecule has 1 saturated heterocycles. The molecule has 0 bridgehead atoms. The van der Waals surface area contributed by atoms with E-state index in [4.69, 9.17) is 0 Å². The van der Waals surface area contributed by atoms with Crippen LogP contribution >= 0.6 is 0 Å². The molecule has 0 amide bonds. The van der Waals surface area contributed by atoms with E-state index in [1.54, 1.807) is 0 Å². The highest BCUT2D eigenvalue weighted by Crippen LogP contribution is 2.19. The first kappa shape index (κ1) is 10.7. The molecule has 2 heteroatoms. The third-order valence-corrected chi connectivity index (χ3v) is 3.34. The number of hydrogen-bond donors (Lipinski definition) is 1. The monoisotopic (exact) mass is 204 g/mol. The van der Waals surface area contributed by atoms with Crippen molar-refractivity contribution in [3.63, 3.8) is 0 Å². The molecule has 2 atom stereocenters. The largest absolute Gasteiger partial charge is 0.316 e. The molecule has 0 radical (unpaired) electrons. The van der Waals surface area contributed by atoms with Gasteiger partial charge in [0.1, 0.15) is 0 Å². The zero-order chi connectivity index (χ0) is 10.7. The van der Waals surface area contributed by atoms with Crippen LogP contribution in [0.4, 0.5) is 0 Å². The molecule has 1 fully saturated rings. The van der Waals surface area contributed by atoms with Gasteiger partial charge >= 0.3 is 0 Å². The number of hydrogen-bond acceptors (Lipinski definition) is 2. The second-order valence-electron chi connectivity index (χ2n) is 4.49. The maximum atomic E-state index is 3.37. The number of nitrogens with zero attached hydrogens (tertiary/aromatic N) is 1. The first-order valence-electron chi connectivity index (χ1n) is 5.75. The van der Waals surface area contributed by atoms with E-state index in [0.29, 0.717) is 12.1 Å². The molecule has 1 N–H and O–H groups in total. The Labute approximate surface area is 92.3 Å². The van der Waals surface area contributed by atoms with E-state index >= 15 is 0 Å². The van der Waals surface area contributed by atoms with Gasteiger partial charge in [0.15, 0.2) is 0 Å². The van der Waals surface area contributed by atoms with Crippen LogP contribution in [0.1, 0.15) is 18.9 Å². The van der Waals surface area contributed by atoms with E-state index in [-0.39, 0.29) is 0 Å². The number of benzene rings is 1. The van der Waals surface area contributed by atoms with Crippen LogP contribution in [-0.4, -0.2) is 30.6 Å². The van der Waals surface area contributed by atoms with Crippen molar-refractivity contribution in [2.24, 2.45) is 0 Å². The van der Waals surface area contributed by atoms with Crippen molar-refractivity contribution in [3.8, 4) is 0 Å². The molecular weight excluding hydrogens is 184 g/mol. The molecule has 0 saturated carbocycles. The van der Waals surface area contributed by atoms with E-state index < -0.39 is 0 Å². The highest BCUT2D eigenvalue weighted by atomic mass is 15.2. The molecule has 82 valence electrons. The molecule has 0 aromatic heterocycles. The van der Waals surface area contributed by atoms with E-state index in [2.05, 4.69) is 54.5 Å². The Kier molecular flexibility index (Phi) is 3.39. The average Bonchev–Trinajstić information content (AvgIpc) is 2.61. The molecule has 0 spiro atoms. The van der Waals surface area contributed by atoms with Gasteiger partial charge in [-0.05, 0) is 26.0 Å². The summed E-state index contributed by atoms with van der Waals surface area (Å²) >= 11 is 0. The Hall–Kier alpha value is -0.860. The summed E-state index contributed by atoms with van der Waals surface area (Å²) in [5.74, 6) is 0. The van der Waals surface area contributed by atoms with Crippen molar-refractivity contribution in [2.45, 2.75) is 32.0 Å². The summed E-state index contributed by atoms with van der Waals surface area (Å²) < 4.78 is 0. The van der Waals surface area contributed by atoms with Crippen molar-refractivity contribution in [1.82, 2.24) is 10.2 Å². The lowest BCUT2D eigenvalue weighted by molar-refractivity contribution is 0.257. The van der Waals surface area contributed by atoms with Crippen LogP contribution in [0.2, 0.25) is 0 Å². The van der Waals surface area contributed by atoms with Gasteiger partial charge in [0, 0.05) is 25.2 Å². The van der Waals surface area contributed by atoms with Crippen LogP contribution in [0.3, 0.4) is 0 Å². The second-order valence-corrected chi connectivity index (χ2v) is 4.49. The lowest BCUT2D eigenvalue weighted by atomic mass is 10.2. The van der Waals surface area contributed by atoms with Gasteiger partial charge in [0.2, 0.25) is 0 Å². The van der Waals surface area contributed by atoms with Crippen molar-refractivity contribution in [3.05, 3.63) is 35.9 Å². The fourth-order valence-electron chi connectivity index (χ4n) is 2.35. The van der Waals surface area contributed by atoms with Gasteiger partial charge in [-0.3, -0.25) is 4.90 Å². The van der Waals surface area contributed by atoms with Crippen LogP contribution in [0.15, 0.2) is 30.3 Å². The predicted octanol–water partition coefficient (Wildman–Crippen LogP) is 1.87. The molecule has 1 aromatic rings. The van der Waals surface area contributed by atoms with Crippen LogP contribution in [0.5, 0.6) is 0 Å². The standard InChI is InChI=1S/C13H20N2/c1-11-8-13(14-2)10-15(11)9-12-6-4-3-5-7-12/h3-7,11,13-14H,8-10H2,1-2H3. The molecular formula is C13H20N2. The van der Waals surface area contributed by atoms with Gasteiger partial charge < -0.3 is 5.32 Å². The van der Waals surface area contributed by atoms with Crippen LogP contribution in [0.25, 0.3) is 0 Å². The lowest BCUT2D eigenvalue weighted by Gasteiger charge is -2.20. The second kappa shape index (κ2) is 4.77. The Morgan fingerprint density at radius 1 is 1.33 bits per heavy atom. The molecule has 1 aliphatic heterocycles. The molecule has 1 heterocycles. The number of nitrogens with one attached hydrogen (secondary N) is 1. The van der Waals surface area contributed by atoms with Gasteiger partial charge in [-0.15, -0.1) is 0 Å². The van der Waals surface area contributed by atoms with Crippen LogP contribution in [-0.2, 0) is 6.54 Å². The topological polar surface area (TPSA) is 15.3 Å². The average molecular weight is 204 g/mol. The number of rotatable bonds is 3. The minimum atomic E-state index is 0.670. The molecule has 15 heavy (non-hydrogen) atoms. The van der Waals surface area contributed by atoms with E-state index in [0.717, 1.165) is 6.54 Å². The van der Waals surface area contributed by atoms with E-state index in [1.165, 1.54) is 18.5 Å². The van der Waals surface area contributed by atoms with Crippen LogP contribution in [0, 0.1) is 0 Å². The molecule has 2 rings (SSSR count). The smallest absolute Gasteiger partial charge is 0.0237 e. The minimum absolute atomic E-state index is 0.670. The maximum Gasteiger partial charge on any atom is 0.0237 e. The van der Waals surface area contributed by atoms with Gasteiger partial charge in [-0.25, -0.2) is 0 Å². The quantitative estimate of drug-likeness (QED) is 0.808. The number of likely N-dealkylation sites (tertiary alicyclic amines) is 1. The van der Waals surface area contributed by atoms with Gasteiger partial charge in [-0.1, -0.05) is 30.3 Å². The fraction of sp³-hybridized carbons (Fsp3) is 0.538. The summed E-state index contributed by atoms with van der Waals surface area (Å²) in [5, 5.41) is 3.37. The van der Waals surface area contributed by atoms with Gasteiger partial charge in [-0.2, -0.15) is 0 Å². The van der Waals surface area contributed by atoms with Crippen molar-refractivity contribution in [2.75, 3.05) is 13.6 Å². The summed E-state index contributed by atoms with van der Waals surface area (Å²) in [4.78, 5) is 2.55. The fourth-order valence-corrected chi connectivity index (χ4v) is 2.35. The summed E-state index contributed by atoms with van der Waals surface area (Å²) in [6, 6.07) is 12.1. The third kappa shape index (κ3) is 2.58. The highest BCUT2D eigenvalue weighted by Gasteiger charge is 2.27. The van der Waals surface area contributed by atoms with Crippen molar-refractivity contribution >= 4 is 0 Å². The number of likely N-dealkylation sites (N-methyl/N-ethyl adjacent to an activating group) is 1. The lowest BCUT2D eigenvalue weighted by Crippen LogP contribution is -2.30. The molecule has 2 unspecified atom stereocenters. The maximum absolute atomic E-state index is 3.37. The first-order chi connectivity index (χ1) is 7.29. The molecule has 1 aromatic carbocycles. The highest BCUT2D eigenvalue weighted by molar-refractivity contribution is 5.15. The van der Waals surface area contributed by atoms with Crippen molar-refractivity contribution < 1.29 is 0 Å². The van der Waals surface area contributed by atoms with E-state index in [1.807, 2.05) is 0 Å². The van der Waals surface area contributed by atoms with Gasteiger partial charge in [0.25, 0.3) is 0 Å². The Morgan fingerprint density at radius 2 is 2.07 bits per heavy atom. The third-order valence-electron chi connectivity index (χ3n) is 3.34. The Bertz CT molecular complexity index is 297. The minimum Gasteiger partial charge on any atom is -0.316 e. The Morgan fingerprint density at radius 3 is 2.67 bits per heavy atom. The zero-order valence-corrected chi connectivity index (χ0v) is 9.61. The summed E-state index contributed by atoms with van der Waals surface area (Å²) in [6.07, 6.45) is 1.27. The SMILES string of the molecule is CNC1CC(C)N(Cc2ccccc2)C1. The Balaban J connectivity index is 1.96. The molecule has 0 aliphatic carbocycles. The molecule has 1 aliphatic rings. The first-order valence-corrected chi connectivity index (χ1v) is 5.75. The summed E-state index contributed by atoms with van der Waals surface area (Å²) in [5.41, 5.74) is 1.42. The zero-order valence-electron chi connectivity index (χ0n) is 9.61. The van der Waals surface area contributed by atoms with Gasteiger partial charge in [0.05, 0.1) is 0 Å². The summed E-state index contributed by atoms with van der Waals surface area (Å²) in [6.45, 7) is 4.58. The normalized spacial score (nSPS) is 27.1. The molecule has 2 nitrogen and oxygen atoms in total. The predicted molar refractivity (Wildman–Crippen MR) is 63.8 cm³/mol.